The fourth-order valence-electron chi connectivity index (χ4n) is 7.11. The minimum absolute atomic E-state index is 0.0604. The highest BCUT2D eigenvalue weighted by atomic mass is 16.5. The molecule has 2 aliphatic rings. The Labute approximate surface area is 250 Å². The first kappa shape index (κ1) is 33.6. The summed E-state index contributed by atoms with van der Waals surface area (Å²) < 4.78 is 11.6. The molecule has 0 radical (unpaired) electrons. The van der Waals surface area contributed by atoms with Crippen molar-refractivity contribution in [2.75, 3.05) is 26.4 Å². The molecule has 1 aromatic carbocycles. The number of unbranched alkanes of at least 4 members (excludes halogenated alkanes) is 2. The molecular formula is C36H58O5. The fourth-order valence-corrected chi connectivity index (χ4v) is 7.11. The third-order valence-electron chi connectivity index (χ3n) is 10.4. The zero-order valence-electron chi connectivity index (χ0n) is 26.3. The highest BCUT2D eigenvalue weighted by molar-refractivity contribution is 5.86. The molecule has 0 atom stereocenters. The molecule has 1 aromatic rings. The van der Waals surface area contributed by atoms with E-state index in [-0.39, 0.29) is 25.8 Å². The van der Waals surface area contributed by atoms with Crippen molar-refractivity contribution in [1.82, 2.24) is 0 Å². The minimum atomic E-state index is -0.524. The van der Waals surface area contributed by atoms with Gasteiger partial charge in [-0.05, 0) is 99.2 Å². The van der Waals surface area contributed by atoms with Crippen LogP contribution in [0.15, 0.2) is 30.4 Å². The lowest BCUT2D eigenvalue weighted by Crippen LogP contribution is -2.31. The van der Waals surface area contributed by atoms with Gasteiger partial charge in [-0.3, -0.25) is 0 Å². The van der Waals surface area contributed by atoms with Gasteiger partial charge in [0.1, 0.15) is 5.75 Å². The molecular weight excluding hydrogens is 512 g/mol. The lowest BCUT2D eigenvalue weighted by Gasteiger charge is -2.38. The number of benzene rings is 1. The quantitative estimate of drug-likeness (QED) is 0.112. The molecule has 2 aliphatic carbocycles. The van der Waals surface area contributed by atoms with Crippen molar-refractivity contribution < 1.29 is 24.5 Å². The number of aliphatic hydroxyl groups excluding tert-OH is 2. The van der Waals surface area contributed by atoms with Gasteiger partial charge in [0.15, 0.2) is 0 Å². The van der Waals surface area contributed by atoms with Crippen molar-refractivity contribution in [3.05, 3.63) is 41.5 Å². The van der Waals surface area contributed by atoms with E-state index in [1.165, 1.54) is 82.6 Å². The van der Waals surface area contributed by atoms with Gasteiger partial charge >= 0.3 is 5.97 Å². The topological polar surface area (TPSA) is 76.0 Å². The van der Waals surface area contributed by atoms with Crippen molar-refractivity contribution >= 4 is 5.97 Å². The van der Waals surface area contributed by atoms with Crippen LogP contribution in [0.25, 0.3) is 0 Å². The Balaban J connectivity index is 1.58. The second-order valence-corrected chi connectivity index (χ2v) is 13.2. The molecule has 0 saturated heterocycles. The van der Waals surface area contributed by atoms with Crippen LogP contribution < -0.4 is 4.74 Å². The number of aliphatic hydroxyl groups is 2. The average molecular weight is 571 g/mol. The maximum absolute atomic E-state index is 12.0. The van der Waals surface area contributed by atoms with Gasteiger partial charge in [-0.15, -0.1) is 0 Å². The number of carbonyl (C=O) groups is 1. The first-order valence-electron chi connectivity index (χ1n) is 16.6. The van der Waals surface area contributed by atoms with Crippen molar-refractivity contribution in [3.8, 4) is 5.75 Å². The molecule has 5 heteroatoms. The Morgan fingerprint density at radius 2 is 1.61 bits per heavy atom. The number of hydrogen-bond acceptors (Lipinski definition) is 5. The minimum Gasteiger partial charge on any atom is -0.493 e. The summed E-state index contributed by atoms with van der Waals surface area (Å²) in [6, 6.07) is 6.56. The van der Waals surface area contributed by atoms with Gasteiger partial charge < -0.3 is 19.7 Å². The van der Waals surface area contributed by atoms with Gasteiger partial charge in [0.25, 0.3) is 0 Å². The van der Waals surface area contributed by atoms with E-state index in [4.69, 9.17) is 9.47 Å². The molecule has 0 spiro atoms. The zero-order valence-corrected chi connectivity index (χ0v) is 26.3. The van der Waals surface area contributed by atoms with Crippen LogP contribution in [0.4, 0.5) is 0 Å². The Kier molecular flexibility index (Phi) is 14.2. The molecule has 2 fully saturated rings. The van der Waals surface area contributed by atoms with E-state index in [9.17, 15) is 15.0 Å². The highest BCUT2D eigenvalue weighted by Crippen LogP contribution is 2.45. The van der Waals surface area contributed by atoms with Crippen LogP contribution in [0, 0.1) is 23.2 Å². The Morgan fingerprint density at radius 3 is 2.20 bits per heavy atom. The molecule has 0 bridgehead atoms. The van der Waals surface area contributed by atoms with Gasteiger partial charge in [-0.25, -0.2) is 4.79 Å². The maximum atomic E-state index is 12.0. The SMILES string of the molecule is C=C(C)C(=O)OCCc1cc(C2CCC(C3CCC(CCCCC)CC3)CC2)ccc1OCCC(CC)(CO)CO. The van der Waals surface area contributed by atoms with Crippen molar-refractivity contribution in [3.63, 3.8) is 0 Å². The van der Waals surface area contributed by atoms with Gasteiger partial charge in [0, 0.05) is 17.4 Å². The third kappa shape index (κ3) is 10.1. The molecule has 232 valence electrons. The van der Waals surface area contributed by atoms with Crippen LogP contribution in [0.3, 0.4) is 0 Å². The van der Waals surface area contributed by atoms with Crippen LogP contribution in [0.5, 0.6) is 5.75 Å². The third-order valence-corrected chi connectivity index (χ3v) is 10.4. The van der Waals surface area contributed by atoms with Crippen LogP contribution in [-0.4, -0.2) is 42.6 Å². The summed E-state index contributed by atoms with van der Waals surface area (Å²) in [5.41, 5.74) is 2.30. The highest BCUT2D eigenvalue weighted by Gasteiger charge is 2.31. The van der Waals surface area contributed by atoms with E-state index in [1.807, 2.05) is 6.92 Å². The number of hydrogen-bond donors (Lipinski definition) is 2. The van der Waals surface area contributed by atoms with Gasteiger partial charge in [-0.2, -0.15) is 0 Å². The molecule has 2 N–H and O–H groups in total. The second-order valence-electron chi connectivity index (χ2n) is 13.2. The zero-order chi connectivity index (χ0) is 29.7. The normalized spacial score (nSPS) is 23.2. The summed E-state index contributed by atoms with van der Waals surface area (Å²) in [6.45, 7) is 10.2. The molecule has 5 nitrogen and oxygen atoms in total. The predicted octanol–water partition coefficient (Wildman–Crippen LogP) is 8.16. The molecule has 0 unspecified atom stereocenters. The molecule has 0 amide bonds. The molecule has 3 rings (SSSR count). The Morgan fingerprint density at radius 1 is 0.951 bits per heavy atom. The lowest BCUT2D eigenvalue weighted by atomic mass is 9.68. The van der Waals surface area contributed by atoms with Crippen molar-refractivity contribution in [1.29, 1.82) is 0 Å². The van der Waals surface area contributed by atoms with Crippen molar-refractivity contribution in [2.45, 2.75) is 123 Å². The average Bonchev–Trinajstić information content (AvgIpc) is 3.00. The summed E-state index contributed by atoms with van der Waals surface area (Å²) >= 11 is 0. The first-order valence-corrected chi connectivity index (χ1v) is 16.6. The van der Waals surface area contributed by atoms with Crippen LogP contribution in [0.2, 0.25) is 0 Å². The Hall–Kier alpha value is -1.85. The predicted molar refractivity (Wildman–Crippen MR) is 167 cm³/mol. The number of carbonyl (C=O) groups excluding carboxylic acids is 1. The summed E-state index contributed by atoms with van der Waals surface area (Å²) in [4.78, 5) is 12.0. The van der Waals surface area contributed by atoms with E-state index >= 15 is 0 Å². The van der Waals surface area contributed by atoms with E-state index in [0.717, 1.165) is 29.1 Å². The summed E-state index contributed by atoms with van der Waals surface area (Å²) in [5.74, 6) is 3.80. The van der Waals surface area contributed by atoms with E-state index in [1.54, 1.807) is 6.92 Å². The monoisotopic (exact) mass is 570 g/mol. The maximum Gasteiger partial charge on any atom is 0.333 e. The molecule has 0 aliphatic heterocycles. The van der Waals surface area contributed by atoms with Crippen LogP contribution >= 0.6 is 0 Å². The molecule has 0 aromatic heterocycles. The van der Waals surface area contributed by atoms with Gasteiger partial charge in [-0.1, -0.05) is 71.1 Å². The van der Waals surface area contributed by atoms with Gasteiger partial charge in [0.2, 0.25) is 0 Å². The molecule has 2 saturated carbocycles. The standard InChI is InChI=1S/C36H58O5/c1-5-7-8-9-28-10-12-29(13-11-28)30-14-16-31(17-15-30)32-18-19-34(40-23-21-36(6-2,25-37)26-38)33(24-32)20-22-41-35(39)27(3)4/h18-19,24,28-31,37-38H,3,5-17,20-23,25-26H2,1-2,4H3. The van der Waals surface area contributed by atoms with E-state index in [0.29, 0.717) is 37.4 Å². The van der Waals surface area contributed by atoms with Crippen molar-refractivity contribution in [2.24, 2.45) is 23.2 Å². The van der Waals surface area contributed by atoms with Crippen LogP contribution in [-0.2, 0) is 16.0 Å². The number of esters is 1. The van der Waals surface area contributed by atoms with Crippen LogP contribution in [0.1, 0.15) is 128 Å². The lowest BCUT2D eigenvalue weighted by molar-refractivity contribution is -0.138. The van der Waals surface area contributed by atoms with Gasteiger partial charge in [0.05, 0.1) is 26.4 Å². The summed E-state index contributed by atoms with van der Waals surface area (Å²) in [6.07, 6.45) is 18.4. The summed E-state index contributed by atoms with van der Waals surface area (Å²) in [7, 11) is 0. The Bertz CT molecular complexity index is 912. The first-order chi connectivity index (χ1) is 19.8. The number of ether oxygens (including phenoxy) is 2. The molecule has 41 heavy (non-hydrogen) atoms. The number of rotatable bonds is 17. The molecule has 0 heterocycles. The largest absolute Gasteiger partial charge is 0.493 e. The smallest absolute Gasteiger partial charge is 0.333 e. The van der Waals surface area contributed by atoms with E-state index in [2.05, 4.69) is 31.7 Å². The fraction of sp³-hybridized carbons (Fsp3) is 0.750. The summed E-state index contributed by atoms with van der Waals surface area (Å²) in [5, 5.41) is 19.6. The van der Waals surface area contributed by atoms with E-state index < -0.39 is 5.41 Å². The second kappa shape index (κ2) is 17.3.